The Hall–Kier alpha value is -2.90. The van der Waals surface area contributed by atoms with Gasteiger partial charge in [-0.25, -0.2) is 0 Å². The summed E-state index contributed by atoms with van der Waals surface area (Å²) in [6, 6.07) is 3.42. The van der Waals surface area contributed by atoms with Crippen LogP contribution in [0.4, 0.5) is 5.69 Å². The van der Waals surface area contributed by atoms with E-state index in [2.05, 4.69) is 16.0 Å². The van der Waals surface area contributed by atoms with Gasteiger partial charge in [0.25, 0.3) is 5.91 Å². The maximum absolute atomic E-state index is 12.4. The van der Waals surface area contributed by atoms with Crippen LogP contribution in [0, 0.1) is 12.8 Å². The van der Waals surface area contributed by atoms with Crippen LogP contribution in [-0.2, 0) is 14.4 Å². The van der Waals surface area contributed by atoms with Gasteiger partial charge in [0.05, 0.1) is 12.6 Å². The average molecular weight is 362 g/mol. The highest BCUT2D eigenvalue weighted by molar-refractivity contribution is 5.98. The molecule has 8 heteroatoms. The summed E-state index contributed by atoms with van der Waals surface area (Å²) in [4.78, 5) is 46.9. The Morgan fingerprint density at radius 3 is 2.35 bits per heavy atom. The van der Waals surface area contributed by atoms with E-state index in [-0.39, 0.29) is 12.5 Å². The van der Waals surface area contributed by atoms with Crippen molar-refractivity contribution in [3.63, 3.8) is 0 Å². The first-order chi connectivity index (χ1) is 12.1. The molecule has 0 aromatic heterocycles. The van der Waals surface area contributed by atoms with Gasteiger partial charge in [-0.3, -0.25) is 14.4 Å². The maximum Gasteiger partial charge on any atom is 0.251 e. The molecule has 1 rings (SSSR count). The van der Waals surface area contributed by atoms with Gasteiger partial charge in [0.1, 0.15) is 12.3 Å². The number of nitrogens with one attached hydrogen (secondary N) is 3. The average Bonchev–Trinajstić information content (AvgIpc) is 2.59. The minimum atomic E-state index is -0.809. The fourth-order valence-corrected chi connectivity index (χ4v) is 2.19. The topological polar surface area (TPSA) is 130 Å². The zero-order valence-corrected chi connectivity index (χ0v) is 15.5. The van der Waals surface area contributed by atoms with Crippen molar-refractivity contribution in [1.29, 1.82) is 0 Å². The number of benzene rings is 1. The van der Waals surface area contributed by atoms with E-state index in [1.807, 2.05) is 0 Å². The fourth-order valence-electron chi connectivity index (χ4n) is 2.19. The van der Waals surface area contributed by atoms with Crippen LogP contribution in [0.5, 0.6) is 0 Å². The lowest BCUT2D eigenvalue weighted by Crippen LogP contribution is -2.52. The quantitative estimate of drug-likeness (QED) is 0.386. The molecule has 0 fully saturated rings. The van der Waals surface area contributed by atoms with Gasteiger partial charge in [-0.2, -0.15) is 0 Å². The van der Waals surface area contributed by atoms with Crippen LogP contribution in [0.15, 0.2) is 18.2 Å². The zero-order valence-electron chi connectivity index (χ0n) is 15.5. The highest BCUT2D eigenvalue weighted by Crippen LogP contribution is 2.13. The number of aldehydes is 1. The van der Waals surface area contributed by atoms with Crippen LogP contribution in [0.25, 0.3) is 0 Å². The van der Waals surface area contributed by atoms with Crippen LogP contribution >= 0.6 is 0 Å². The number of anilines is 1. The summed E-state index contributed by atoms with van der Waals surface area (Å²) in [7, 11) is 0. The van der Waals surface area contributed by atoms with Crippen LogP contribution in [-0.4, -0.2) is 42.6 Å². The first-order valence-corrected chi connectivity index (χ1v) is 8.35. The minimum Gasteiger partial charge on any atom is -0.399 e. The second kappa shape index (κ2) is 9.55. The van der Waals surface area contributed by atoms with Gasteiger partial charge in [0.2, 0.25) is 11.8 Å². The van der Waals surface area contributed by atoms with Gasteiger partial charge < -0.3 is 26.5 Å². The van der Waals surface area contributed by atoms with Gasteiger partial charge in [-0.1, -0.05) is 13.8 Å². The highest BCUT2D eigenvalue weighted by atomic mass is 16.2. The van der Waals surface area contributed by atoms with Crippen LogP contribution in [0.1, 0.15) is 36.7 Å². The molecule has 0 aliphatic carbocycles. The number of rotatable bonds is 8. The lowest BCUT2D eigenvalue weighted by molar-refractivity contribution is -0.128. The molecular formula is C18H26N4O4. The molecule has 0 radical (unpaired) electrons. The summed E-state index contributed by atoms with van der Waals surface area (Å²) in [6.07, 6.45) is 0.589. The predicted octanol–water partition coefficient (Wildman–Crippen LogP) is 0.151. The molecule has 142 valence electrons. The highest BCUT2D eigenvalue weighted by Gasteiger charge is 2.25. The van der Waals surface area contributed by atoms with Crippen molar-refractivity contribution in [1.82, 2.24) is 16.0 Å². The van der Waals surface area contributed by atoms with Gasteiger partial charge >= 0.3 is 0 Å². The van der Waals surface area contributed by atoms with Crippen LogP contribution < -0.4 is 21.7 Å². The van der Waals surface area contributed by atoms with Crippen molar-refractivity contribution >= 4 is 29.7 Å². The van der Waals surface area contributed by atoms with E-state index in [1.54, 1.807) is 39.0 Å². The number of aryl methyl sites for hydroxylation is 1. The number of carbonyl (C=O) groups excluding carboxylic acids is 4. The summed E-state index contributed by atoms with van der Waals surface area (Å²) < 4.78 is 0. The Balaban J connectivity index is 2.71. The Bertz CT molecular complexity index is 688. The van der Waals surface area contributed by atoms with Gasteiger partial charge in [0, 0.05) is 11.3 Å². The number of carbonyl (C=O) groups is 4. The SMILES string of the molecule is Cc1cc(C(=O)NC(C(=O)NCC(=O)NC(C)C=O)C(C)C)ccc1N. The molecule has 0 aliphatic heterocycles. The molecule has 0 saturated heterocycles. The zero-order chi connectivity index (χ0) is 19.9. The number of hydrogen-bond acceptors (Lipinski definition) is 5. The summed E-state index contributed by atoms with van der Waals surface area (Å²) >= 11 is 0. The predicted molar refractivity (Wildman–Crippen MR) is 98.4 cm³/mol. The summed E-state index contributed by atoms with van der Waals surface area (Å²) in [5, 5.41) is 7.55. The third-order valence-corrected chi connectivity index (χ3v) is 3.78. The fraction of sp³-hybridized carbons (Fsp3) is 0.444. The molecule has 0 bridgehead atoms. The second-order valence-corrected chi connectivity index (χ2v) is 6.48. The van der Waals surface area contributed by atoms with E-state index in [9.17, 15) is 19.2 Å². The van der Waals surface area contributed by atoms with E-state index in [1.165, 1.54) is 6.92 Å². The first-order valence-electron chi connectivity index (χ1n) is 8.35. The molecule has 0 heterocycles. The summed E-state index contributed by atoms with van der Waals surface area (Å²) in [5.74, 6) is -1.55. The monoisotopic (exact) mass is 362 g/mol. The number of nitrogens with two attached hydrogens (primary N) is 1. The van der Waals surface area contributed by atoms with E-state index in [0.29, 0.717) is 17.5 Å². The first kappa shape index (κ1) is 21.1. The molecule has 8 nitrogen and oxygen atoms in total. The van der Waals surface area contributed by atoms with Crippen LogP contribution in [0.3, 0.4) is 0 Å². The number of amides is 3. The molecule has 1 aromatic rings. The molecular weight excluding hydrogens is 336 g/mol. The molecule has 2 atom stereocenters. The van der Waals surface area contributed by atoms with Crippen molar-refractivity contribution in [2.24, 2.45) is 5.92 Å². The lowest BCUT2D eigenvalue weighted by Gasteiger charge is -2.22. The van der Waals surface area contributed by atoms with Crippen molar-refractivity contribution < 1.29 is 19.2 Å². The van der Waals surface area contributed by atoms with E-state index < -0.39 is 29.8 Å². The van der Waals surface area contributed by atoms with Crippen molar-refractivity contribution in [3.8, 4) is 0 Å². The van der Waals surface area contributed by atoms with Crippen molar-refractivity contribution in [2.75, 3.05) is 12.3 Å². The Labute approximate surface area is 152 Å². The molecule has 26 heavy (non-hydrogen) atoms. The van der Waals surface area contributed by atoms with Gasteiger partial charge in [0.15, 0.2) is 0 Å². The smallest absolute Gasteiger partial charge is 0.251 e. The molecule has 5 N–H and O–H groups in total. The lowest BCUT2D eigenvalue weighted by atomic mass is 10.0. The third kappa shape index (κ3) is 6.19. The molecule has 2 unspecified atom stereocenters. The molecule has 0 aliphatic rings. The molecule has 1 aromatic carbocycles. The summed E-state index contributed by atoms with van der Waals surface area (Å²) in [6.45, 7) is 6.60. The second-order valence-electron chi connectivity index (χ2n) is 6.48. The third-order valence-electron chi connectivity index (χ3n) is 3.78. The molecule has 0 saturated carbocycles. The van der Waals surface area contributed by atoms with E-state index >= 15 is 0 Å². The Morgan fingerprint density at radius 2 is 1.81 bits per heavy atom. The standard InChI is InChI=1S/C18H26N4O4/c1-10(2)16(18(26)20-8-15(24)21-12(4)9-23)22-17(25)13-5-6-14(19)11(3)7-13/h5-7,9-10,12,16H,8,19H2,1-4H3,(H,20,26)(H,21,24)(H,22,25). The van der Waals surface area contributed by atoms with Gasteiger partial charge in [-0.15, -0.1) is 0 Å². The van der Waals surface area contributed by atoms with Crippen molar-refractivity contribution in [2.45, 2.75) is 39.8 Å². The summed E-state index contributed by atoms with van der Waals surface area (Å²) in [5.41, 5.74) is 7.49. The van der Waals surface area contributed by atoms with E-state index in [4.69, 9.17) is 5.73 Å². The van der Waals surface area contributed by atoms with E-state index in [0.717, 1.165) is 5.56 Å². The van der Waals surface area contributed by atoms with Crippen LogP contribution in [0.2, 0.25) is 0 Å². The van der Waals surface area contributed by atoms with Gasteiger partial charge in [-0.05, 0) is 43.5 Å². The largest absolute Gasteiger partial charge is 0.399 e. The van der Waals surface area contributed by atoms with Crippen molar-refractivity contribution in [3.05, 3.63) is 29.3 Å². The minimum absolute atomic E-state index is 0.189. The maximum atomic E-state index is 12.4. The number of hydrogen-bond donors (Lipinski definition) is 4. The normalized spacial score (nSPS) is 12.8. The Kier molecular flexibility index (Phi) is 7.77. The molecule has 0 spiro atoms. The number of nitrogen functional groups attached to an aromatic ring is 1. The Morgan fingerprint density at radius 1 is 1.15 bits per heavy atom. The molecule has 3 amide bonds.